The number of methoxy groups -OCH3 is 1. The van der Waals surface area contributed by atoms with Crippen LogP contribution in [0.4, 0.5) is 0 Å². The van der Waals surface area contributed by atoms with E-state index in [0.717, 1.165) is 22.4 Å². The number of aromatic carboxylic acids is 1. The van der Waals surface area contributed by atoms with Crippen molar-refractivity contribution >= 4 is 5.97 Å². The molecule has 1 heterocycles. The summed E-state index contributed by atoms with van der Waals surface area (Å²) in [5.41, 5.74) is 2.72. The molecule has 0 spiro atoms. The molecule has 0 amide bonds. The van der Waals surface area contributed by atoms with Gasteiger partial charge in [-0.15, -0.1) is 0 Å². The van der Waals surface area contributed by atoms with Crippen LogP contribution in [0.2, 0.25) is 0 Å². The predicted molar refractivity (Wildman–Crippen MR) is 74.3 cm³/mol. The summed E-state index contributed by atoms with van der Waals surface area (Å²) in [6.07, 6.45) is 0. The van der Waals surface area contributed by atoms with E-state index < -0.39 is 5.97 Å². The summed E-state index contributed by atoms with van der Waals surface area (Å²) in [5, 5.41) is 12.5. The second kappa shape index (κ2) is 5.36. The minimum Gasteiger partial charge on any atom is -0.496 e. The Labute approximate surface area is 117 Å². The highest BCUT2D eigenvalue weighted by Gasteiger charge is 2.20. The average Bonchev–Trinajstić information content (AvgIpc) is 2.87. The summed E-state index contributed by atoms with van der Waals surface area (Å²) >= 11 is 0. The van der Waals surface area contributed by atoms with E-state index in [-0.39, 0.29) is 11.6 Å². The smallest absolute Gasteiger partial charge is 0.358 e. The molecule has 20 heavy (non-hydrogen) atoms. The van der Waals surface area contributed by atoms with Gasteiger partial charge in [-0.3, -0.25) is 0 Å². The largest absolute Gasteiger partial charge is 0.496 e. The molecule has 0 saturated heterocycles. The fraction of sp³-hybridized carbons (Fsp3) is 0.333. The molecule has 0 bridgehead atoms. The molecule has 0 aliphatic heterocycles. The third kappa shape index (κ3) is 2.39. The van der Waals surface area contributed by atoms with Crippen molar-refractivity contribution in [1.82, 2.24) is 5.16 Å². The van der Waals surface area contributed by atoms with Crippen molar-refractivity contribution in [2.24, 2.45) is 0 Å². The van der Waals surface area contributed by atoms with E-state index in [4.69, 9.17) is 14.4 Å². The van der Waals surface area contributed by atoms with Gasteiger partial charge in [-0.2, -0.15) is 0 Å². The molecule has 0 unspecified atom stereocenters. The Kier molecular flexibility index (Phi) is 3.79. The summed E-state index contributed by atoms with van der Waals surface area (Å²) in [7, 11) is 1.63. The van der Waals surface area contributed by atoms with Crippen LogP contribution in [0.15, 0.2) is 22.7 Å². The lowest BCUT2D eigenvalue weighted by Crippen LogP contribution is -1.99. The molecule has 0 aliphatic carbocycles. The van der Waals surface area contributed by atoms with Crippen LogP contribution >= 0.6 is 0 Å². The molecular weight excluding hydrogens is 258 g/mol. The van der Waals surface area contributed by atoms with Crippen LogP contribution in [0, 0.1) is 6.92 Å². The summed E-state index contributed by atoms with van der Waals surface area (Å²) in [4.78, 5) is 10.9. The SMILES string of the molecule is COc1c(C)ccc(-c2cc(C(=O)O)no2)c1C(C)C. The first-order valence-electron chi connectivity index (χ1n) is 6.33. The Morgan fingerprint density at radius 2 is 2.10 bits per heavy atom. The fourth-order valence-electron chi connectivity index (χ4n) is 2.27. The normalized spacial score (nSPS) is 10.8. The van der Waals surface area contributed by atoms with Gasteiger partial charge >= 0.3 is 5.97 Å². The zero-order valence-corrected chi connectivity index (χ0v) is 11.9. The molecule has 106 valence electrons. The van der Waals surface area contributed by atoms with Crippen molar-refractivity contribution in [1.29, 1.82) is 0 Å². The van der Waals surface area contributed by atoms with Gasteiger partial charge in [-0.05, 0) is 18.4 Å². The minimum atomic E-state index is -1.11. The quantitative estimate of drug-likeness (QED) is 0.924. The number of benzene rings is 1. The van der Waals surface area contributed by atoms with Gasteiger partial charge in [0, 0.05) is 17.2 Å². The van der Waals surface area contributed by atoms with E-state index in [0.29, 0.717) is 5.76 Å². The van der Waals surface area contributed by atoms with Crippen molar-refractivity contribution in [2.45, 2.75) is 26.7 Å². The minimum absolute atomic E-state index is 0.103. The van der Waals surface area contributed by atoms with Gasteiger partial charge < -0.3 is 14.4 Å². The fourth-order valence-corrected chi connectivity index (χ4v) is 2.27. The summed E-state index contributed by atoms with van der Waals surface area (Å²) < 4.78 is 10.6. The molecule has 1 N–H and O–H groups in total. The highest BCUT2D eigenvalue weighted by Crippen LogP contribution is 2.38. The monoisotopic (exact) mass is 275 g/mol. The average molecular weight is 275 g/mol. The van der Waals surface area contributed by atoms with Crippen LogP contribution in [0.1, 0.15) is 41.4 Å². The van der Waals surface area contributed by atoms with E-state index >= 15 is 0 Å². The summed E-state index contributed by atoms with van der Waals surface area (Å²) in [5.74, 6) is 0.332. The number of aryl methyl sites for hydroxylation is 1. The number of ether oxygens (including phenoxy) is 1. The van der Waals surface area contributed by atoms with Crippen LogP contribution in [0.25, 0.3) is 11.3 Å². The Hall–Kier alpha value is -2.30. The molecule has 1 aromatic carbocycles. The van der Waals surface area contributed by atoms with E-state index in [1.165, 1.54) is 6.07 Å². The van der Waals surface area contributed by atoms with Crippen molar-refractivity contribution in [2.75, 3.05) is 7.11 Å². The van der Waals surface area contributed by atoms with Crippen LogP contribution in [-0.4, -0.2) is 23.3 Å². The second-order valence-electron chi connectivity index (χ2n) is 4.91. The van der Waals surface area contributed by atoms with Gasteiger partial charge in [0.1, 0.15) is 5.75 Å². The van der Waals surface area contributed by atoms with Crippen LogP contribution in [0.3, 0.4) is 0 Å². The first-order chi connectivity index (χ1) is 9.45. The maximum Gasteiger partial charge on any atom is 0.358 e. The Bertz CT molecular complexity index is 643. The van der Waals surface area contributed by atoms with Crippen molar-refractivity contribution in [3.63, 3.8) is 0 Å². The highest BCUT2D eigenvalue weighted by molar-refractivity contribution is 5.86. The van der Waals surface area contributed by atoms with Gasteiger partial charge in [0.25, 0.3) is 0 Å². The van der Waals surface area contributed by atoms with Crippen LogP contribution in [-0.2, 0) is 0 Å². The Morgan fingerprint density at radius 3 is 2.60 bits per heavy atom. The summed E-state index contributed by atoms with van der Waals surface area (Å²) in [6.45, 7) is 6.07. The van der Waals surface area contributed by atoms with E-state index in [2.05, 4.69) is 19.0 Å². The number of carbonyl (C=O) groups is 1. The van der Waals surface area contributed by atoms with Crippen molar-refractivity contribution in [3.8, 4) is 17.1 Å². The van der Waals surface area contributed by atoms with Crippen molar-refractivity contribution in [3.05, 3.63) is 35.0 Å². The molecule has 0 atom stereocenters. The molecule has 5 heteroatoms. The first-order valence-corrected chi connectivity index (χ1v) is 6.33. The number of carboxylic acids is 1. The third-order valence-corrected chi connectivity index (χ3v) is 3.17. The molecule has 1 aromatic heterocycles. The lowest BCUT2D eigenvalue weighted by Gasteiger charge is -2.17. The molecule has 0 radical (unpaired) electrons. The third-order valence-electron chi connectivity index (χ3n) is 3.17. The molecule has 0 fully saturated rings. The van der Waals surface area contributed by atoms with E-state index in [1.807, 2.05) is 19.1 Å². The van der Waals surface area contributed by atoms with Crippen LogP contribution in [0.5, 0.6) is 5.75 Å². The first kappa shape index (κ1) is 14.1. The predicted octanol–water partition coefficient (Wildman–Crippen LogP) is 3.48. The zero-order chi connectivity index (χ0) is 14.9. The standard InChI is InChI=1S/C15H17NO4/c1-8(2)13-10(6-5-9(3)14(13)19-4)12-7-11(15(17)18)16-20-12/h5-8H,1-4H3,(H,17,18). The van der Waals surface area contributed by atoms with Crippen LogP contribution < -0.4 is 4.74 Å². The molecule has 2 rings (SSSR count). The summed E-state index contributed by atoms with van der Waals surface area (Å²) in [6, 6.07) is 5.25. The maximum atomic E-state index is 10.9. The van der Waals surface area contributed by atoms with Gasteiger partial charge in [-0.1, -0.05) is 31.1 Å². The highest BCUT2D eigenvalue weighted by atomic mass is 16.5. The van der Waals surface area contributed by atoms with E-state index in [9.17, 15) is 4.79 Å². The second-order valence-corrected chi connectivity index (χ2v) is 4.91. The number of aromatic nitrogens is 1. The molecular formula is C15H17NO4. The Balaban J connectivity index is 2.63. The lowest BCUT2D eigenvalue weighted by atomic mass is 9.92. The Morgan fingerprint density at radius 1 is 1.40 bits per heavy atom. The number of hydrogen-bond acceptors (Lipinski definition) is 4. The van der Waals surface area contributed by atoms with Gasteiger partial charge in [0.2, 0.25) is 0 Å². The maximum absolute atomic E-state index is 10.9. The number of nitrogens with zero attached hydrogens (tertiary/aromatic N) is 1. The molecule has 2 aromatic rings. The van der Waals surface area contributed by atoms with Gasteiger partial charge in [-0.25, -0.2) is 4.79 Å². The lowest BCUT2D eigenvalue weighted by molar-refractivity contribution is 0.0686. The number of carboxylic acid groups (broad SMARTS) is 1. The number of hydrogen-bond donors (Lipinski definition) is 1. The molecule has 0 aliphatic rings. The topological polar surface area (TPSA) is 72.6 Å². The van der Waals surface area contributed by atoms with Crippen molar-refractivity contribution < 1.29 is 19.2 Å². The molecule has 0 saturated carbocycles. The number of rotatable bonds is 4. The zero-order valence-electron chi connectivity index (χ0n) is 11.9. The van der Waals surface area contributed by atoms with Gasteiger partial charge in [0.15, 0.2) is 11.5 Å². The van der Waals surface area contributed by atoms with E-state index in [1.54, 1.807) is 7.11 Å². The molecule has 5 nitrogen and oxygen atoms in total. The van der Waals surface area contributed by atoms with Gasteiger partial charge in [0.05, 0.1) is 7.11 Å².